The van der Waals surface area contributed by atoms with Crippen LogP contribution < -0.4 is 5.32 Å². The van der Waals surface area contributed by atoms with Crippen LogP contribution in [0.5, 0.6) is 0 Å². The second-order valence-electron chi connectivity index (χ2n) is 7.83. The number of fused-ring (bicyclic) bond motifs is 1. The lowest BCUT2D eigenvalue weighted by Crippen LogP contribution is -2.21. The van der Waals surface area contributed by atoms with E-state index in [1.165, 1.54) is 11.1 Å². The van der Waals surface area contributed by atoms with Crippen molar-refractivity contribution in [3.8, 4) is 17.1 Å². The third kappa shape index (κ3) is 4.52. The van der Waals surface area contributed by atoms with Crippen LogP contribution in [-0.2, 0) is 22.4 Å². The molecule has 0 atom stereocenters. The third-order valence-electron chi connectivity index (χ3n) is 5.54. The topological polar surface area (TPSA) is 86.1 Å². The number of rotatable bonds is 6. The van der Waals surface area contributed by atoms with Crippen LogP contribution in [-0.4, -0.2) is 33.2 Å². The fourth-order valence-corrected chi connectivity index (χ4v) is 3.96. The summed E-state index contributed by atoms with van der Waals surface area (Å²) in [6.45, 7) is -0.420. The van der Waals surface area contributed by atoms with Crippen molar-refractivity contribution in [1.82, 2.24) is 14.8 Å². The minimum absolute atomic E-state index is 0.108. The van der Waals surface area contributed by atoms with Crippen molar-refractivity contribution in [3.05, 3.63) is 95.8 Å². The molecule has 3 aromatic carbocycles. The van der Waals surface area contributed by atoms with Gasteiger partial charge >= 0.3 is 5.97 Å². The molecular formula is C26H22N4O3. The Morgan fingerprint density at radius 1 is 0.909 bits per heavy atom. The molecule has 0 aliphatic heterocycles. The number of carbonyl (C=O) groups is 2. The lowest BCUT2D eigenvalue weighted by atomic mass is 10.1. The largest absolute Gasteiger partial charge is 0.450 e. The first-order chi connectivity index (χ1) is 16.2. The number of benzene rings is 3. The monoisotopic (exact) mass is 438 g/mol. The van der Waals surface area contributed by atoms with E-state index in [9.17, 15) is 9.59 Å². The summed E-state index contributed by atoms with van der Waals surface area (Å²) >= 11 is 0. The molecule has 7 nitrogen and oxygen atoms in total. The first kappa shape index (κ1) is 20.6. The van der Waals surface area contributed by atoms with E-state index in [-0.39, 0.29) is 5.82 Å². The van der Waals surface area contributed by atoms with E-state index in [0.717, 1.165) is 30.5 Å². The minimum Gasteiger partial charge on any atom is -0.450 e. The maximum Gasteiger partial charge on any atom is 0.378 e. The van der Waals surface area contributed by atoms with Crippen molar-refractivity contribution in [2.24, 2.45) is 0 Å². The van der Waals surface area contributed by atoms with E-state index in [2.05, 4.69) is 15.4 Å². The molecule has 4 aromatic rings. The first-order valence-electron chi connectivity index (χ1n) is 10.8. The number of anilines is 1. The smallest absolute Gasteiger partial charge is 0.378 e. The molecule has 0 unspecified atom stereocenters. The van der Waals surface area contributed by atoms with E-state index in [1.807, 2.05) is 78.9 Å². The number of hydrogen-bond acceptors (Lipinski definition) is 5. The highest BCUT2D eigenvalue weighted by Crippen LogP contribution is 2.25. The van der Waals surface area contributed by atoms with Crippen LogP contribution in [0.25, 0.3) is 17.1 Å². The van der Waals surface area contributed by atoms with Gasteiger partial charge in [0.15, 0.2) is 12.4 Å². The Morgan fingerprint density at radius 3 is 2.42 bits per heavy atom. The predicted octanol–water partition coefficient (Wildman–Crippen LogP) is 4.22. The molecule has 33 heavy (non-hydrogen) atoms. The number of aryl methyl sites for hydroxylation is 2. The SMILES string of the molecule is O=C(COC(=O)c1nc(-c2ccccc2)n(-c2ccccc2)n1)Nc1ccc2c(c1)CCC2. The van der Waals surface area contributed by atoms with Gasteiger partial charge in [-0.25, -0.2) is 14.5 Å². The van der Waals surface area contributed by atoms with Crippen molar-refractivity contribution >= 4 is 17.6 Å². The van der Waals surface area contributed by atoms with Gasteiger partial charge in [0.2, 0.25) is 0 Å². The van der Waals surface area contributed by atoms with Gasteiger partial charge in [-0.05, 0) is 54.7 Å². The maximum atomic E-state index is 12.6. The number of amides is 1. The Balaban J connectivity index is 1.30. The summed E-state index contributed by atoms with van der Waals surface area (Å²) in [6.07, 6.45) is 3.24. The number of carbonyl (C=O) groups excluding carboxylic acids is 2. The zero-order valence-electron chi connectivity index (χ0n) is 17.9. The van der Waals surface area contributed by atoms with Crippen LogP contribution >= 0.6 is 0 Å². The van der Waals surface area contributed by atoms with Gasteiger partial charge in [-0.1, -0.05) is 54.6 Å². The molecule has 5 rings (SSSR count). The lowest BCUT2D eigenvalue weighted by Gasteiger charge is -2.07. The van der Waals surface area contributed by atoms with Gasteiger partial charge in [0.05, 0.1) is 5.69 Å². The molecular weight excluding hydrogens is 416 g/mol. The number of nitrogens with zero attached hydrogens (tertiary/aromatic N) is 3. The fraction of sp³-hybridized carbons (Fsp3) is 0.154. The van der Waals surface area contributed by atoms with Crippen LogP contribution in [0.2, 0.25) is 0 Å². The Hall–Kier alpha value is -4.26. The summed E-state index contributed by atoms with van der Waals surface area (Å²) in [7, 11) is 0. The molecule has 0 bridgehead atoms. The van der Waals surface area contributed by atoms with Crippen LogP contribution in [0.3, 0.4) is 0 Å². The highest BCUT2D eigenvalue weighted by molar-refractivity contribution is 5.94. The number of para-hydroxylation sites is 1. The fourth-order valence-electron chi connectivity index (χ4n) is 3.96. The summed E-state index contributed by atoms with van der Waals surface area (Å²) in [5.74, 6) is -0.766. The molecule has 1 aliphatic carbocycles. The van der Waals surface area contributed by atoms with Gasteiger partial charge in [0.1, 0.15) is 0 Å². The van der Waals surface area contributed by atoms with E-state index < -0.39 is 18.5 Å². The minimum atomic E-state index is -0.758. The number of nitrogens with one attached hydrogen (secondary N) is 1. The quantitative estimate of drug-likeness (QED) is 0.456. The summed E-state index contributed by atoms with van der Waals surface area (Å²) in [5.41, 5.74) is 4.86. The van der Waals surface area contributed by atoms with Crippen LogP contribution in [0.15, 0.2) is 78.9 Å². The summed E-state index contributed by atoms with van der Waals surface area (Å²) in [4.78, 5) is 29.4. The van der Waals surface area contributed by atoms with Gasteiger partial charge in [-0.15, -0.1) is 5.10 Å². The molecule has 0 fully saturated rings. The van der Waals surface area contributed by atoms with Crippen LogP contribution in [0.4, 0.5) is 5.69 Å². The molecule has 0 saturated carbocycles. The molecule has 7 heteroatoms. The summed E-state index contributed by atoms with van der Waals surface area (Å²) in [5, 5.41) is 7.14. The molecule has 1 N–H and O–H groups in total. The van der Waals surface area contributed by atoms with Crippen molar-refractivity contribution in [1.29, 1.82) is 0 Å². The van der Waals surface area contributed by atoms with Gasteiger partial charge in [0, 0.05) is 11.3 Å². The van der Waals surface area contributed by atoms with Crippen molar-refractivity contribution in [2.75, 3.05) is 11.9 Å². The van der Waals surface area contributed by atoms with E-state index in [0.29, 0.717) is 11.5 Å². The predicted molar refractivity (Wildman–Crippen MR) is 124 cm³/mol. The van der Waals surface area contributed by atoms with Crippen molar-refractivity contribution in [2.45, 2.75) is 19.3 Å². The average molecular weight is 438 g/mol. The second kappa shape index (κ2) is 9.08. The van der Waals surface area contributed by atoms with Gasteiger partial charge in [-0.3, -0.25) is 4.79 Å². The maximum absolute atomic E-state index is 12.6. The number of hydrogen-bond donors (Lipinski definition) is 1. The van der Waals surface area contributed by atoms with Crippen molar-refractivity contribution < 1.29 is 14.3 Å². The van der Waals surface area contributed by atoms with E-state index in [1.54, 1.807) is 4.68 Å². The van der Waals surface area contributed by atoms with Crippen molar-refractivity contribution in [3.63, 3.8) is 0 Å². The van der Waals surface area contributed by atoms with Gasteiger partial charge in [-0.2, -0.15) is 0 Å². The summed E-state index contributed by atoms with van der Waals surface area (Å²) < 4.78 is 6.80. The zero-order chi connectivity index (χ0) is 22.6. The van der Waals surface area contributed by atoms with Gasteiger partial charge in [0.25, 0.3) is 11.7 Å². The highest BCUT2D eigenvalue weighted by Gasteiger charge is 2.21. The standard InChI is InChI=1S/C26H22N4O3/c31-23(27-21-15-14-18-10-7-11-20(18)16-21)17-33-26(32)24-28-25(19-8-3-1-4-9-19)30(29-24)22-12-5-2-6-13-22/h1-6,8-9,12-16H,7,10-11,17H2,(H,27,31). The summed E-state index contributed by atoms with van der Waals surface area (Å²) in [6, 6.07) is 24.8. The Kier molecular flexibility index (Phi) is 5.68. The molecule has 1 heterocycles. The highest BCUT2D eigenvalue weighted by atomic mass is 16.5. The lowest BCUT2D eigenvalue weighted by molar-refractivity contribution is -0.119. The molecule has 0 spiro atoms. The average Bonchev–Trinajstić information content (AvgIpc) is 3.51. The van der Waals surface area contributed by atoms with E-state index in [4.69, 9.17) is 4.74 Å². The molecule has 164 valence electrons. The first-order valence-corrected chi connectivity index (χ1v) is 10.8. The van der Waals surface area contributed by atoms with E-state index >= 15 is 0 Å². The molecule has 1 aliphatic rings. The molecule has 0 radical (unpaired) electrons. The molecule has 1 amide bonds. The second-order valence-corrected chi connectivity index (χ2v) is 7.83. The van der Waals surface area contributed by atoms with Crippen LogP contribution in [0.1, 0.15) is 28.2 Å². The molecule has 0 saturated heterocycles. The Morgan fingerprint density at radius 2 is 1.64 bits per heavy atom. The molecule has 1 aromatic heterocycles. The Labute approximate surface area is 191 Å². The Bertz CT molecular complexity index is 1240. The zero-order valence-corrected chi connectivity index (χ0v) is 17.9. The van der Waals surface area contributed by atoms with Crippen LogP contribution in [0, 0.1) is 0 Å². The number of aromatic nitrogens is 3. The van der Waals surface area contributed by atoms with Gasteiger partial charge < -0.3 is 10.1 Å². The number of esters is 1. The normalized spacial score (nSPS) is 12.2. The number of ether oxygens (including phenoxy) is 1. The third-order valence-corrected chi connectivity index (χ3v) is 5.54.